The van der Waals surface area contributed by atoms with E-state index in [1.807, 2.05) is 0 Å². The van der Waals surface area contributed by atoms with E-state index in [1.165, 1.54) is 7.11 Å². The minimum atomic E-state index is -1.20. The number of hydrogen-bond donors (Lipinski definition) is 2. The first kappa shape index (κ1) is 15.3. The summed E-state index contributed by atoms with van der Waals surface area (Å²) in [5.41, 5.74) is 0. The van der Waals surface area contributed by atoms with Crippen LogP contribution in [0.5, 0.6) is 0 Å². The van der Waals surface area contributed by atoms with Crippen molar-refractivity contribution in [2.45, 2.75) is 50.7 Å². The summed E-state index contributed by atoms with van der Waals surface area (Å²) in [6.07, 6.45) is 2.68. The topological polar surface area (TPSA) is 102 Å². The molecule has 0 radical (unpaired) electrons. The Kier molecular flexibility index (Phi) is 6.11. The number of carboxylic acids is 1. The molecule has 0 bridgehead atoms. The summed E-state index contributed by atoms with van der Waals surface area (Å²) < 4.78 is 9.51. The third-order valence-corrected chi connectivity index (χ3v) is 3.03. The first-order valence-electron chi connectivity index (χ1n) is 6.29. The van der Waals surface area contributed by atoms with Gasteiger partial charge in [0.15, 0.2) is 0 Å². The number of carbonyl (C=O) groups is 3. The van der Waals surface area contributed by atoms with Crippen LogP contribution < -0.4 is 5.32 Å². The molecule has 0 aromatic heterocycles. The van der Waals surface area contributed by atoms with Crippen molar-refractivity contribution in [3.63, 3.8) is 0 Å². The number of nitrogens with one attached hydrogen (secondary N) is 1. The molecule has 0 aromatic carbocycles. The van der Waals surface area contributed by atoms with Crippen molar-refractivity contribution in [1.82, 2.24) is 5.32 Å². The normalized spacial score (nSPS) is 16.7. The van der Waals surface area contributed by atoms with Crippen LogP contribution in [-0.2, 0) is 19.1 Å². The second-order valence-corrected chi connectivity index (χ2v) is 4.46. The van der Waals surface area contributed by atoms with Crippen molar-refractivity contribution < 1.29 is 29.0 Å². The third kappa shape index (κ3) is 5.58. The van der Waals surface area contributed by atoms with Gasteiger partial charge >= 0.3 is 18.0 Å². The summed E-state index contributed by atoms with van der Waals surface area (Å²) in [6, 6.07) is -1.15. The van der Waals surface area contributed by atoms with E-state index in [2.05, 4.69) is 10.1 Å². The Balaban J connectivity index is 2.36. The van der Waals surface area contributed by atoms with E-state index in [0.29, 0.717) is 0 Å². The number of carboxylic acid groups (broad SMARTS) is 1. The van der Waals surface area contributed by atoms with E-state index < -0.39 is 24.1 Å². The molecule has 7 heteroatoms. The predicted octanol–water partition coefficient (Wildman–Crippen LogP) is 1.06. The van der Waals surface area contributed by atoms with Gasteiger partial charge in [0, 0.05) is 6.42 Å². The zero-order chi connectivity index (χ0) is 14.3. The summed E-state index contributed by atoms with van der Waals surface area (Å²) in [5.74, 6) is -1.72. The monoisotopic (exact) mass is 273 g/mol. The van der Waals surface area contributed by atoms with Crippen LogP contribution >= 0.6 is 0 Å². The number of esters is 1. The van der Waals surface area contributed by atoms with E-state index in [9.17, 15) is 14.4 Å². The fourth-order valence-corrected chi connectivity index (χ4v) is 1.96. The van der Waals surface area contributed by atoms with Crippen LogP contribution in [-0.4, -0.2) is 42.4 Å². The number of amides is 1. The van der Waals surface area contributed by atoms with Crippen LogP contribution in [0.2, 0.25) is 0 Å². The highest BCUT2D eigenvalue weighted by molar-refractivity contribution is 5.80. The van der Waals surface area contributed by atoms with Crippen molar-refractivity contribution in [2.75, 3.05) is 7.11 Å². The minimum absolute atomic E-state index is 0.0260. The molecular formula is C12H19NO6. The summed E-state index contributed by atoms with van der Waals surface area (Å²) >= 11 is 0. The lowest BCUT2D eigenvalue weighted by Gasteiger charge is -2.16. The van der Waals surface area contributed by atoms with Gasteiger partial charge in [-0.05, 0) is 32.1 Å². The van der Waals surface area contributed by atoms with Gasteiger partial charge in [0.05, 0.1) is 7.11 Å². The summed E-state index contributed by atoms with van der Waals surface area (Å²) in [5, 5.41) is 11.2. The number of ether oxygens (including phenoxy) is 2. The maximum atomic E-state index is 11.5. The zero-order valence-corrected chi connectivity index (χ0v) is 10.9. The molecule has 108 valence electrons. The Morgan fingerprint density at radius 1 is 1.32 bits per heavy atom. The number of alkyl carbamates (subject to hydrolysis) is 1. The second kappa shape index (κ2) is 7.60. The number of aliphatic carboxylic acids is 1. The lowest BCUT2D eigenvalue weighted by molar-refractivity contribution is -0.142. The van der Waals surface area contributed by atoms with Gasteiger partial charge in [-0.15, -0.1) is 0 Å². The number of carbonyl (C=O) groups excluding carboxylic acids is 2. The largest absolute Gasteiger partial charge is 0.480 e. The van der Waals surface area contributed by atoms with Gasteiger partial charge in [-0.1, -0.05) is 0 Å². The van der Waals surface area contributed by atoms with Gasteiger partial charge in [-0.25, -0.2) is 9.59 Å². The van der Waals surface area contributed by atoms with E-state index in [0.717, 1.165) is 25.7 Å². The molecule has 1 amide bonds. The lowest BCUT2D eigenvalue weighted by Crippen LogP contribution is -2.42. The number of rotatable bonds is 6. The smallest absolute Gasteiger partial charge is 0.408 e. The molecule has 1 saturated carbocycles. The molecule has 0 aliphatic heterocycles. The fraction of sp³-hybridized carbons (Fsp3) is 0.750. The molecule has 7 nitrogen and oxygen atoms in total. The van der Waals surface area contributed by atoms with Gasteiger partial charge in [-0.3, -0.25) is 4.79 Å². The van der Waals surface area contributed by atoms with E-state index in [4.69, 9.17) is 9.84 Å². The van der Waals surface area contributed by atoms with Crippen LogP contribution in [0.1, 0.15) is 38.5 Å². The lowest BCUT2D eigenvalue weighted by atomic mass is 10.1. The Bertz CT molecular complexity index is 337. The van der Waals surface area contributed by atoms with Crippen LogP contribution in [0.25, 0.3) is 0 Å². The van der Waals surface area contributed by atoms with E-state index in [-0.39, 0.29) is 18.9 Å². The Morgan fingerprint density at radius 3 is 2.47 bits per heavy atom. The Hall–Kier alpha value is -1.79. The highest BCUT2D eigenvalue weighted by Gasteiger charge is 2.24. The van der Waals surface area contributed by atoms with Crippen molar-refractivity contribution in [1.29, 1.82) is 0 Å². The molecule has 0 saturated heterocycles. The fourth-order valence-electron chi connectivity index (χ4n) is 1.96. The van der Waals surface area contributed by atoms with Crippen LogP contribution in [0.3, 0.4) is 0 Å². The Morgan fingerprint density at radius 2 is 1.95 bits per heavy atom. The van der Waals surface area contributed by atoms with Crippen molar-refractivity contribution in [2.24, 2.45) is 0 Å². The van der Waals surface area contributed by atoms with Crippen LogP contribution in [0, 0.1) is 0 Å². The first-order valence-corrected chi connectivity index (χ1v) is 6.29. The molecule has 19 heavy (non-hydrogen) atoms. The standard InChI is InChI=1S/C12H19NO6/c1-18-10(14)7-6-9(11(15)16)13-12(17)19-8-4-2-3-5-8/h8-9H,2-7H2,1H3,(H,13,17)(H,15,16)/t9-/m0/s1. The van der Waals surface area contributed by atoms with Gasteiger partial charge in [0.1, 0.15) is 12.1 Å². The maximum Gasteiger partial charge on any atom is 0.408 e. The molecule has 0 aromatic rings. The van der Waals surface area contributed by atoms with Crippen molar-refractivity contribution >= 4 is 18.0 Å². The van der Waals surface area contributed by atoms with E-state index >= 15 is 0 Å². The predicted molar refractivity (Wildman–Crippen MR) is 64.5 cm³/mol. The quantitative estimate of drug-likeness (QED) is 0.702. The van der Waals surface area contributed by atoms with Gasteiger partial charge < -0.3 is 19.9 Å². The summed E-state index contributed by atoms with van der Waals surface area (Å²) in [4.78, 5) is 33.4. The van der Waals surface area contributed by atoms with Crippen LogP contribution in [0.4, 0.5) is 4.79 Å². The molecule has 1 rings (SSSR count). The molecule has 1 aliphatic rings. The highest BCUT2D eigenvalue weighted by atomic mass is 16.6. The summed E-state index contributed by atoms with van der Waals surface area (Å²) in [6.45, 7) is 0. The molecule has 0 unspecified atom stereocenters. The number of methoxy groups -OCH3 is 1. The van der Waals surface area contributed by atoms with Gasteiger partial charge in [0.25, 0.3) is 0 Å². The minimum Gasteiger partial charge on any atom is -0.480 e. The SMILES string of the molecule is COC(=O)CC[C@H](NC(=O)OC1CCCC1)C(=O)O. The molecule has 2 N–H and O–H groups in total. The average molecular weight is 273 g/mol. The molecular weight excluding hydrogens is 254 g/mol. The first-order chi connectivity index (χ1) is 9.02. The van der Waals surface area contributed by atoms with Gasteiger partial charge in [-0.2, -0.15) is 0 Å². The highest BCUT2D eigenvalue weighted by Crippen LogP contribution is 2.20. The molecule has 0 spiro atoms. The van der Waals surface area contributed by atoms with E-state index in [1.54, 1.807) is 0 Å². The van der Waals surface area contributed by atoms with Gasteiger partial charge in [0.2, 0.25) is 0 Å². The molecule has 1 atom stereocenters. The molecule has 1 aliphatic carbocycles. The van der Waals surface area contributed by atoms with Crippen LogP contribution in [0.15, 0.2) is 0 Å². The third-order valence-electron chi connectivity index (χ3n) is 3.03. The summed E-state index contributed by atoms with van der Waals surface area (Å²) in [7, 11) is 1.22. The second-order valence-electron chi connectivity index (χ2n) is 4.46. The maximum absolute atomic E-state index is 11.5. The molecule has 1 fully saturated rings. The molecule has 0 heterocycles. The average Bonchev–Trinajstić information content (AvgIpc) is 2.86. The van der Waals surface area contributed by atoms with Crippen molar-refractivity contribution in [3.05, 3.63) is 0 Å². The van der Waals surface area contributed by atoms with Crippen molar-refractivity contribution in [3.8, 4) is 0 Å². The number of hydrogen-bond acceptors (Lipinski definition) is 5. The Labute approximate surface area is 111 Å². The zero-order valence-electron chi connectivity index (χ0n) is 10.9.